The third-order valence-electron chi connectivity index (χ3n) is 7.16. The molecule has 2 aromatic carbocycles. The molecule has 0 aliphatic rings. The fourth-order valence-electron chi connectivity index (χ4n) is 5.43. The van der Waals surface area contributed by atoms with E-state index in [2.05, 4.69) is 15.6 Å². The number of halogens is 6. The first-order chi connectivity index (χ1) is 18.6. The summed E-state index contributed by atoms with van der Waals surface area (Å²) in [5.41, 5.74) is -0.962. The van der Waals surface area contributed by atoms with E-state index in [9.17, 15) is 31.1 Å². The lowest BCUT2D eigenvalue weighted by Crippen LogP contribution is -2.42. The van der Waals surface area contributed by atoms with E-state index in [-0.39, 0.29) is 23.5 Å². The van der Waals surface area contributed by atoms with Gasteiger partial charge in [-0.3, -0.25) is 4.79 Å². The summed E-state index contributed by atoms with van der Waals surface area (Å²) < 4.78 is 81.4. The fraction of sp³-hybridized carbons (Fsp3) is 0.552. The second-order valence-electron chi connectivity index (χ2n) is 11.0. The minimum Gasteiger partial charge on any atom is -0.352 e. The van der Waals surface area contributed by atoms with Crippen LogP contribution in [0.15, 0.2) is 36.4 Å². The SMILES string of the molecule is CCCC(CCCCc1ccc2c(c1)nnn2C)(CC(C)C)C(=O)NCc1cc(C(F)(F)F)cc(C(F)(F)F)c1. The molecule has 0 fully saturated rings. The minimum absolute atomic E-state index is 0.0909. The highest BCUT2D eigenvalue weighted by Gasteiger charge is 2.39. The third kappa shape index (κ3) is 7.97. The number of nitrogens with zero attached hydrogens (tertiary/aromatic N) is 3. The number of aryl methyl sites for hydroxylation is 2. The zero-order valence-corrected chi connectivity index (χ0v) is 23.2. The lowest BCUT2D eigenvalue weighted by molar-refractivity contribution is -0.143. The largest absolute Gasteiger partial charge is 0.416 e. The molecule has 1 atom stereocenters. The highest BCUT2D eigenvalue weighted by molar-refractivity contribution is 5.82. The van der Waals surface area contributed by atoms with Crippen LogP contribution in [0.25, 0.3) is 11.0 Å². The lowest BCUT2D eigenvalue weighted by atomic mass is 9.72. The zero-order chi connectivity index (χ0) is 29.7. The molecule has 1 aromatic heterocycles. The van der Waals surface area contributed by atoms with Gasteiger partial charge in [0.25, 0.3) is 0 Å². The number of aromatic nitrogens is 3. The minimum atomic E-state index is -4.94. The molecule has 0 saturated heterocycles. The quantitative estimate of drug-likeness (QED) is 0.178. The third-order valence-corrected chi connectivity index (χ3v) is 7.16. The molecule has 0 bridgehead atoms. The van der Waals surface area contributed by atoms with Crippen molar-refractivity contribution in [3.63, 3.8) is 0 Å². The molecule has 220 valence electrons. The summed E-state index contributed by atoms with van der Waals surface area (Å²) in [6.07, 6.45) is -5.15. The first kappa shape index (κ1) is 31.4. The van der Waals surface area contributed by atoms with Gasteiger partial charge in [-0.1, -0.05) is 44.9 Å². The summed E-state index contributed by atoms with van der Waals surface area (Å²) >= 11 is 0. The maximum atomic E-state index is 13.6. The highest BCUT2D eigenvalue weighted by Crippen LogP contribution is 2.39. The Morgan fingerprint density at radius 3 is 2.15 bits per heavy atom. The van der Waals surface area contributed by atoms with E-state index in [1.807, 2.05) is 46.0 Å². The van der Waals surface area contributed by atoms with Gasteiger partial charge < -0.3 is 5.32 Å². The number of benzene rings is 2. The van der Waals surface area contributed by atoms with Gasteiger partial charge in [0.1, 0.15) is 5.52 Å². The Morgan fingerprint density at radius 2 is 1.57 bits per heavy atom. The number of alkyl halides is 6. The zero-order valence-electron chi connectivity index (χ0n) is 23.2. The van der Waals surface area contributed by atoms with Crippen molar-refractivity contribution >= 4 is 16.9 Å². The molecular formula is C29H36F6N4O. The molecule has 1 heterocycles. The molecule has 5 nitrogen and oxygen atoms in total. The van der Waals surface area contributed by atoms with Gasteiger partial charge in [0.2, 0.25) is 5.91 Å². The van der Waals surface area contributed by atoms with Gasteiger partial charge in [0.05, 0.1) is 16.6 Å². The molecule has 0 spiro atoms. The Bertz CT molecular complexity index is 1270. The summed E-state index contributed by atoms with van der Waals surface area (Å²) in [5, 5.41) is 10.8. The molecular weight excluding hydrogens is 534 g/mol. The Balaban J connectivity index is 1.73. The molecule has 1 amide bonds. The predicted octanol–water partition coefficient (Wildman–Crippen LogP) is 7.87. The maximum Gasteiger partial charge on any atom is 0.416 e. The first-order valence-corrected chi connectivity index (χ1v) is 13.5. The van der Waals surface area contributed by atoms with Crippen LogP contribution in [0.4, 0.5) is 26.3 Å². The van der Waals surface area contributed by atoms with Gasteiger partial charge >= 0.3 is 12.4 Å². The normalized spacial score (nSPS) is 14.1. The van der Waals surface area contributed by atoms with E-state index < -0.39 is 35.4 Å². The van der Waals surface area contributed by atoms with Crippen LogP contribution >= 0.6 is 0 Å². The molecule has 3 aromatic rings. The smallest absolute Gasteiger partial charge is 0.352 e. The topological polar surface area (TPSA) is 59.8 Å². The number of unbranched alkanes of at least 4 members (excludes halogenated alkanes) is 1. The van der Waals surface area contributed by atoms with Crippen molar-refractivity contribution in [2.24, 2.45) is 18.4 Å². The first-order valence-electron chi connectivity index (χ1n) is 13.5. The monoisotopic (exact) mass is 570 g/mol. The number of hydrogen-bond donors (Lipinski definition) is 1. The van der Waals surface area contributed by atoms with Crippen molar-refractivity contribution in [2.75, 3.05) is 0 Å². The Labute approximate surface area is 230 Å². The van der Waals surface area contributed by atoms with Crippen molar-refractivity contribution in [2.45, 2.75) is 84.6 Å². The van der Waals surface area contributed by atoms with Crippen LogP contribution < -0.4 is 5.32 Å². The van der Waals surface area contributed by atoms with Gasteiger partial charge in [-0.2, -0.15) is 26.3 Å². The number of carbonyl (C=O) groups excluding carboxylic acids is 1. The van der Waals surface area contributed by atoms with E-state index in [4.69, 9.17) is 0 Å². The average Bonchev–Trinajstić information content (AvgIpc) is 3.23. The van der Waals surface area contributed by atoms with E-state index in [0.717, 1.165) is 35.9 Å². The number of nitrogens with one attached hydrogen (secondary N) is 1. The number of fused-ring (bicyclic) bond motifs is 1. The predicted molar refractivity (Wildman–Crippen MR) is 141 cm³/mol. The van der Waals surface area contributed by atoms with Crippen LogP contribution in [0.5, 0.6) is 0 Å². The van der Waals surface area contributed by atoms with E-state index >= 15 is 0 Å². The summed E-state index contributed by atoms with van der Waals surface area (Å²) in [5.74, 6) is -0.170. The van der Waals surface area contributed by atoms with E-state index in [0.29, 0.717) is 37.8 Å². The molecule has 11 heteroatoms. The van der Waals surface area contributed by atoms with Gasteiger partial charge in [0.15, 0.2) is 0 Å². The summed E-state index contributed by atoms with van der Waals surface area (Å²) in [6.45, 7) is 5.53. The van der Waals surface area contributed by atoms with Crippen LogP contribution in [0.3, 0.4) is 0 Å². The lowest BCUT2D eigenvalue weighted by Gasteiger charge is -2.34. The van der Waals surface area contributed by atoms with E-state index in [1.54, 1.807) is 4.68 Å². The summed E-state index contributed by atoms with van der Waals surface area (Å²) in [4.78, 5) is 13.6. The fourth-order valence-corrected chi connectivity index (χ4v) is 5.43. The van der Waals surface area contributed by atoms with Crippen LogP contribution in [-0.2, 0) is 37.2 Å². The van der Waals surface area contributed by atoms with Crippen LogP contribution in [-0.4, -0.2) is 20.9 Å². The van der Waals surface area contributed by atoms with Gasteiger partial charge in [0, 0.05) is 19.0 Å². The number of carbonyl (C=O) groups is 1. The van der Waals surface area contributed by atoms with Gasteiger partial charge in [-0.25, -0.2) is 4.68 Å². The summed E-state index contributed by atoms with van der Waals surface area (Å²) in [6, 6.07) is 7.40. The van der Waals surface area contributed by atoms with Crippen molar-refractivity contribution in [1.29, 1.82) is 0 Å². The molecule has 0 aliphatic heterocycles. The van der Waals surface area contributed by atoms with E-state index in [1.165, 1.54) is 0 Å². The van der Waals surface area contributed by atoms with Crippen molar-refractivity contribution < 1.29 is 31.1 Å². The Hall–Kier alpha value is -3.11. The van der Waals surface area contributed by atoms with Crippen molar-refractivity contribution in [3.05, 3.63) is 58.7 Å². The Kier molecular flexibility index (Phi) is 9.89. The molecule has 3 rings (SSSR count). The molecule has 1 unspecified atom stereocenters. The van der Waals surface area contributed by atoms with Crippen LogP contribution in [0, 0.1) is 11.3 Å². The molecule has 0 aliphatic carbocycles. The standard InChI is InChI=1S/C29H36F6N4O/c1-5-11-27(17-19(2)3,12-7-6-8-20-9-10-25-24(15-20)37-38-39(25)4)26(40)36-18-21-13-22(28(30,31)32)16-23(14-21)29(33,34)35/h9-10,13-16,19H,5-8,11-12,17-18H2,1-4H3,(H,36,40). The van der Waals surface area contributed by atoms with Crippen LogP contribution in [0.1, 0.15) is 81.5 Å². The number of hydrogen-bond acceptors (Lipinski definition) is 3. The average molecular weight is 571 g/mol. The second kappa shape index (κ2) is 12.6. The number of rotatable bonds is 12. The molecule has 40 heavy (non-hydrogen) atoms. The summed E-state index contributed by atoms with van der Waals surface area (Å²) in [7, 11) is 1.82. The molecule has 0 saturated carbocycles. The highest BCUT2D eigenvalue weighted by atomic mass is 19.4. The molecule has 1 N–H and O–H groups in total. The van der Waals surface area contributed by atoms with Gasteiger partial charge in [-0.15, -0.1) is 5.10 Å². The number of amides is 1. The van der Waals surface area contributed by atoms with Crippen molar-refractivity contribution in [3.8, 4) is 0 Å². The van der Waals surface area contributed by atoms with Gasteiger partial charge in [-0.05, 0) is 79.5 Å². The van der Waals surface area contributed by atoms with Crippen LogP contribution in [0.2, 0.25) is 0 Å². The Morgan fingerprint density at radius 1 is 0.925 bits per heavy atom. The maximum absolute atomic E-state index is 13.6. The second-order valence-corrected chi connectivity index (χ2v) is 11.0. The van der Waals surface area contributed by atoms with Crippen molar-refractivity contribution in [1.82, 2.24) is 20.3 Å². The molecule has 0 radical (unpaired) electrons.